The van der Waals surface area contributed by atoms with Crippen LogP contribution in [0.4, 0.5) is 0 Å². The first-order chi connectivity index (χ1) is 5.76. The van der Waals surface area contributed by atoms with Crippen molar-refractivity contribution in [3.63, 3.8) is 0 Å². The zero-order chi connectivity index (χ0) is 9.40. The van der Waals surface area contributed by atoms with Crippen molar-refractivity contribution in [2.75, 3.05) is 20.3 Å². The predicted octanol–water partition coefficient (Wildman–Crippen LogP) is 0.861. The average molecular weight is 169 g/mol. The summed E-state index contributed by atoms with van der Waals surface area (Å²) in [6, 6.07) is 0. The Morgan fingerprint density at radius 1 is 1.67 bits per heavy atom. The molecule has 0 atom stereocenters. The summed E-state index contributed by atoms with van der Waals surface area (Å²) in [6.45, 7) is 7.51. The van der Waals surface area contributed by atoms with Gasteiger partial charge in [0.05, 0.1) is 6.67 Å². The molecule has 0 bridgehead atoms. The highest BCUT2D eigenvalue weighted by atomic mass is 15.2. The third kappa shape index (κ3) is 4.03. The minimum atomic E-state index is 0.528. The highest BCUT2D eigenvalue weighted by molar-refractivity contribution is 5.12. The van der Waals surface area contributed by atoms with E-state index in [1.54, 1.807) is 0 Å². The Kier molecular flexibility index (Phi) is 6.19. The molecule has 0 saturated carbocycles. The zero-order valence-electron chi connectivity index (χ0n) is 8.01. The number of rotatable bonds is 6. The van der Waals surface area contributed by atoms with Crippen molar-refractivity contribution >= 4 is 0 Å². The fourth-order valence-electron chi connectivity index (χ4n) is 0.907. The monoisotopic (exact) mass is 169 g/mol. The quantitative estimate of drug-likeness (QED) is 0.458. The van der Waals surface area contributed by atoms with Crippen LogP contribution in [0.5, 0.6) is 0 Å². The number of hydrogen-bond acceptors (Lipinski definition) is 3. The van der Waals surface area contributed by atoms with E-state index in [1.807, 2.05) is 24.2 Å². The summed E-state index contributed by atoms with van der Waals surface area (Å²) in [5, 5.41) is 2.91. The molecule has 0 aromatic heterocycles. The van der Waals surface area contributed by atoms with Crippen molar-refractivity contribution in [2.45, 2.75) is 13.3 Å². The lowest BCUT2D eigenvalue weighted by molar-refractivity contribution is 0.366. The van der Waals surface area contributed by atoms with Gasteiger partial charge in [0, 0.05) is 19.3 Å². The molecule has 0 saturated heterocycles. The minimum Gasteiger partial charge on any atom is -0.394 e. The van der Waals surface area contributed by atoms with Crippen molar-refractivity contribution in [3.8, 4) is 0 Å². The van der Waals surface area contributed by atoms with Crippen molar-refractivity contribution in [1.82, 2.24) is 10.2 Å². The number of nitrogens with two attached hydrogens (primary N) is 1. The van der Waals surface area contributed by atoms with E-state index in [4.69, 9.17) is 5.73 Å². The van der Waals surface area contributed by atoms with Gasteiger partial charge < -0.3 is 16.0 Å². The molecule has 0 amide bonds. The van der Waals surface area contributed by atoms with Crippen LogP contribution in [0.1, 0.15) is 13.3 Å². The van der Waals surface area contributed by atoms with Crippen LogP contribution in [0.3, 0.4) is 0 Å². The summed E-state index contributed by atoms with van der Waals surface area (Å²) >= 11 is 0. The molecule has 0 heterocycles. The van der Waals surface area contributed by atoms with Gasteiger partial charge in [-0.05, 0) is 18.7 Å². The molecule has 0 aliphatic carbocycles. The fraction of sp³-hybridized carbons (Fsp3) is 0.556. The van der Waals surface area contributed by atoms with Gasteiger partial charge in [-0.25, -0.2) is 0 Å². The molecule has 0 fully saturated rings. The number of hydrogen-bond donors (Lipinski definition) is 2. The number of allylic oxidation sites excluding steroid dienone is 1. The summed E-state index contributed by atoms with van der Waals surface area (Å²) in [5.74, 6) is 0. The van der Waals surface area contributed by atoms with E-state index in [0.717, 1.165) is 18.7 Å². The Labute approximate surface area is 74.9 Å². The highest BCUT2D eigenvalue weighted by Gasteiger charge is 1.99. The second-order valence-electron chi connectivity index (χ2n) is 2.56. The predicted molar refractivity (Wildman–Crippen MR) is 53.4 cm³/mol. The van der Waals surface area contributed by atoms with Crippen LogP contribution in [0.2, 0.25) is 0 Å². The van der Waals surface area contributed by atoms with Crippen LogP contribution >= 0.6 is 0 Å². The Balaban J connectivity index is 3.93. The van der Waals surface area contributed by atoms with Gasteiger partial charge in [0.15, 0.2) is 0 Å². The second kappa shape index (κ2) is 6.73. The Hall–Kier alpha value is -0.960. The van der Waals surface area contributed by atoms with Crippen LogP contribution in [0.15, 0.2) is 24.6 Å². The minimum absolute atomic E-state index is 0.528. The van der Waals surface area contributed by atoms with Crippen LogP contribution in [0.25, 0.3) is 0 Å². The molecule has 0 rings (SSSR count). The van der Waals surface area contributed by atoms with Gasteiger partial charge in [-0.1, -0.05) is 13.5 Å². The first-order valence-electron chi connectivity index (χ1n) is 4.24. The van der Waals surface area contributed by atoms with E-state index in [2.05, 4.69) is 18.8 Å². The molecule has 0 aromatic carbocycles. The standard InChI is InChI=1S/C9H19N3/c1-4-7-12(8-10)9(2)5-6-11-3/h5-6,11H,2,4,7-8,10H2,1,3H3/b6-5-. The first kappa shape index (κ1) is 11.0. The first-order valence-corrected chi connectivity index (χ1v) is 4.24. The van der Waals surface area contributed by atoms with E-state index >= 15 is 0 Å². The third-order valence-electron chi connectivity index (χ3n) is 1.56. The topological polar surface area (TPSA) is 41.3 Å². The van der Waals surface area contributed by atoms with Gasteiger partial charge in [0.2, 0.25) is 0 Å². The van der Waals surface area contributed by atoms with Crippen molar-refractivity contribution in [3.05, 3.63) is 24.6 Å². The Morgan fingerprint density at radius 2 is 2.33 bits per heavy atom. The third-order valence-corrected chi connectivity index (χ3v) is 1.56. The lowest BCUT2D eigenvalue weighted by Crippen LogP contribution is -2.29. The summed E-state index contributed by atoms with van der Waals surface area (Å²) in [7, 11) is 1.86. The lowest BCUT2D eigenvalue weighted by Gasteiger charge is -2.21. The molecular weight excluding hydrogens is 150 g/mol. The largest absolute Gasteiger partial charge is 0.394 e. The van der Waals surface area contributed by atoms with Gasteiger partial charge in [0.25, 0.3) is 0 Å². The summed E-state index contributed by atoms with van der Waals surface area (Å²) in [4.78, 5) is 2.04. The van der Waals surface area contributed by atoms with Gasteiger partial charge in [-0.3, -0.25) is 0 Å². The molecule has 12 heavy (non-hydrogen) atoms. The molecule has 0 aliphatic heterocycles. The van der Waals surface area contributed by atoms with E-state index in [0.29, 0.717) is 6.67 Å². The van der Waals surface area contributed by atoms with Gasteiger partial charge >= 0.3 is 0 Å². The molecule has 3 heteroatoms. The van der Waals surface area contributed by atoms with Crippen molar-refractivity contribution < 1.29 is 0 Å². The maximum Gasteiger partial charge on any atom is 0.0656 e. The second-order valence-corrected chi connectivity index (χ2v) is 2.56. The van der Waals surface area contributed by atoms with Crippen LogP contribution < -0.4 is 11.1 Å². The molecule has 3 N–H and O–H groups in total. The molecule has 0 radical (unpaired) electrons. The molecule has 0 unspecified atom stereocenters. The summed E-state index contributed by atoms with van der Waals surface area (Å²) in [6.07, 6.45) is 4.85. The zero-order valence-corrected chi connectivity index (χ0v) is 8.01. The van der Waals surface area contributed by atoms with Gasteiger partial charge in [0.1, 0.15) is 0 Å². The molecule has 0 spiro atoms. The van der Waals surface area contributed by atoms with Crippen LogP contribution in [0, 0.1) is 0 Å². The molecule has 0 aromatic rings. The maximum absolute atomic E-state index is 5.54. The fourth-order valence-corrected chi connectivity index (χ4v) is 0.907. The van der Waals surface area contributed by atoms with E-state index in [1.165, 1.54) is 0 Å². The Morgan fingerprint density at radius 3 is 2.75 bits per heavy atom. The Bertz CT molecular complexity index is 152. The van der Waals surface area contributed by atoms with E-state index in [9.17, 15) is 0 Å². The summed E-state index contributed by atoms with van der Waals surface area (Å²) in [5.41, 5.74) is 6.49. The van der Waals surface area contributed by atoms with E-state index < -0.39 is 0 Å². The smallest absolute Gasteiger partial charge is 0.0656 e. The van der Waals surface area contributed by atoms with Crippen molar-refractivity contribution in [1.29, 1.82) is 0 Å². The van der Waals surface area contributed by atoms with Crippen LogP contribution in [-0.4, -0.2) is 25.2 Å². The highest BCUT2D eigenvalue weighted by Crippen LogP contribution is 2.01. The molecular formula is C9H19N3. The van der Waals surface area contributed by atoms with E-state index in [-0.39, 0.29) is 0 Å². The van der Waals surface area contributed by atoms with Gasteiger partial charge in [-0.2, -0.15) is 0 Å². The SMILES string of the molecule is C=C(/C=C\NC)N(CN)CCC. The molecule has 0 aliphatic rings. The van der Waals surface area contributed by atoms with Crippen molar-refractivity contribution in [2.24, 2.45) is 5.73 Å². The molecule has 3 nitrogen and oxygen atoms in total. The lowest BCUT2D eigenvalue weighted by atomic mass is 10.3. The van der Waals surface area contributed by atoms with Crippen LogP contribution in [-0.2, 0) is 0 Å². The molecule has 70 valence electrons. The van der Waals surface area contributed by atoms with Gasteiger partial charge in [-0.15, -0.1) is 0 Å². The average Bonchev–Trinajstić information content (AvgIpc) is 2.10. The normalized spacial score (nSPS) is 10.2. The number of nitrogens with zero attached hydrogens (tertiary/aromatic N) is 1. The summed E-state index contributed by atoms with van der Waals surface area (Å²) < 4.78 is 0. The maximum atomic E-state index is 5.54. The number of nitrogens with one attached hydrogen (secondary N) is 1.